The lowest BCUT2D eigenvalue weighted by Crippen LogP contribution is -2.22. The lowest BCUT2D eigenvalue weighted by Gasteiger charge is -2.19. The summed E-state index contributed by atoms with van der Waals surface area (Å²) in [6, 6.07) is 7.53. The zero-order valence-electron chi connectivity index (χ0n) is 11.3. The Bertz CT molecular complexity index is 397. The third-order valence-corrected chi connectivity index (χ3v) is 2.31. The van der Waals surface area contributed by atoms with Crippen molar-refractivity contribution in [1.29, 1.82) is 0 Å². The van der Waals surface area contributed by atoms with Crippen LogP contribution in [-0.4, -0.2) is 18.1 Å². The van der Waals surface area contributed by atoms with Crippen molar-refractivity contribution in [3.8, 4) is 0 Å². The highest BCUT2D eigenvalue weighted by Gasteiger charge is 2.11. The van der Waals surface area contributed by atoms with Crippen LogP contribution in [0.5, 0.6) is 0 Å². The van der Waals surface area contributed by atoms with Gasteiger partial charge in [0.15, 0.2) is 0 Å². The summed E-state index contributed by atoms with van der Waals surface area (Å²) in [6.07, 6.45) is 0.351. The van der Waals surface area contributed by atoms with Gasteiger partial charge in [0, 0.05) is 12.2 Å². The van der Waals surface area contributed by atoms with Gasteiger partial charge in [-0.05, 0) is 38.5 Å². The first-order chi connectivity index (χ1) is 8.40. The number of hydrogen-bond donors (Lipinski definition) is 2. The molecule has 0 aliphatic rings. The topological polar surface area (TPSA) is 64.3 Å². The Hall–Kier alpha value is -1.39. The number of hydrogen-bond acceptors (Lipinski definition) is 3. The lowest BCUT2D eigenvalue weighted by atomic mass is 10.2. The van der Waals surface area contributed by atoms with Gasteiger partial charge in [-0.1, -0.05) is 12.1 Å². The van der Waals surface area contributed by atoms with Gasteiger partial charge in [0.25, 0.3) is 0 Å². The summed E-state index contributed by atoms with van der Waals surface area (Å²) in [7, 11) is 0. The molecule has 0 spiro atoms. The first-order valence-electron chi connectivity index (χ1n) is 6.13. The number of nitrogens with two attached hydrogens (primary N) is 1. The number of amides is 1. The van der Waals surface area contributed by atoms with Gasteiger partial charge >= 0.3 is 0 Å². The third kappa shape index (κ3) is 5.80. The van der Waals surface area contributed by atoms with Crippen LogP contribution in [0, 0.1) is 0 Å². The van der Waals surface area contributed by atoms with Crippen molar-refractivity contribution in [2.24, 2.45) is 5.73 Å². The molecule has 0 heterocycles. The molecule has 0 radical (unpaired) electrons. The molecule has 1 rings (SSSR count). The predicted molar refractivity (Wildman–Crippen MR) is 73.3 cm³/mol. The maximum absolute atomic E-state index is 11.7. The maximum Gasteiger partial charge on any atom is 0.226 e. The number of carbonyl (C=O) groups is 1. The van der Waals surface area contributed by atoms with Gasteiger partial charge in [0.05, 0.1) is 18.6 Å². The van der Waals surface area contributed by atoms with Gasteiger partial charge in [-0.25, -0.2) is 0 Å². The standard InChI is InChI=1S/C14H22N2O2/c1-14(2,3)18-8-7-13(17)16-12-6-4-5-11(9-12)10-15/h4-6,9H,7-8,10,15H2,1-3H3,(H,16,17). The molecule has 0 saturated heterocycles. The van der Waals surface area contributed by atoms with Crippen molar-refractivity contribution in [3.63, 3.8) is 0 Å². The van der Waals surface area contributed by atoms with E-state index in [9.17, 15) is 4.79 Å². The van der Waals surface area contributed by atoms with Crippen LogP contribution < -0.4 is 11.1 Å². The van der Waals surface area contributed by atoms with Crippen LogP contribution in [0.2, 0.25) is 0 Å². The minimum Gasteiger partial charge on any atom is -0.375 e. The van der Waals surface area contributed by atoms with Crippen LogP contribution in [0.4, 0.5) is 5.69 Å². The SMILES string of the molecule is CC(C)(C)OCCC(=O)Nc1cccc(CN)c1. The molecule has 3 N–H and O–H groups in total. The van der Waals surface area contributed by atoms with Gasteiger partial charge < -0.3 is 15.8 Å². The summed E-state index contributed by atoms with van der Waals surface area (Å²) < 4.78 is 5.50. The van der Waals surface area contributed by atoms with Crippen LogP contribution in [0.1, 0.15) is 32.8 Å². The van der Waals surface area contributed by atoms with Gasteiger partial charge in [-0.2, -0.15) is 0 Å². The maximum atomic E-state index is 11.7. The predicted octanol–water partition coefficient (Wildman–Crippen LogP) is 2.29. The van der Waals surface area contributed by atoms with Crippen molar-refractivity contribution >= 4 is 11.6 Å². The number of rotatable bonds is 5. The molecule has 4 nitrogen and oxygen atoms in total. The molecule has 0 fully saturated rings. The quantitative estimate of drug-likeness (QED) is 0.842. The Morgan fingerprint density at radius 3 is 2.72 bits per heavy atom. The van der Waals surface area contributed by atoms with Gasteiger partial charge in [0.2, 0.25) is 5.91 Å². The molecular formula is C14H22N2O2. The van der Waals surface area contributed by atoms with E-state index in [0.717, 1.165) is 11.3 Å². The zero-order valence-corrected chi connectivity index (χ0v) is 11.3. The van der Waals surface area contributed by atoms with Gasteiger partial charge in [0.1, 0.15) is 0 Å². The highest BCUT2D eigenvalue weighted by molar-refractivity contribution is 5.90. The second-order valence-electron chi connectivity index (χ2n) is 5.16. The molecule has 1 amide bonds. The van der Waals surface area contributed by atoms with Crippen molar-refractivity contribution in [2.45, 2.75) is 39.3 Å². The van der Waals surface area contributed by atoms with E-state index < -0.39 is 0 Å². The molecular weight excluding hydrogens is 228 g/mol. The fourth-order valence-electron chi connectivity index (χ4n) is 1.45. The highest BCUT2D eigenvalue weighted by atomic mass is 16.5. The summed E-state index contributed by atoms with van der Waals surface area (Å²) in [6.45, 7) is 6.80. The number of benzene rings is 1. The molecule has 0 bridgehead atoms. The molecule has 4 heteroatoms. The average Bonchev–Trinajstić information content (AvgIpc) is 2.27. The normalized spacial score (nSPS) is 11.3. The van der Waals surface area contributed by atoms with Crippen molar-refractivity contribution in [2.75, 3.05) is 11.9 Å². The first-order valence-corrected chi connectivity index (χ1v) is 6.13. The minimum absolute atomic E-state index is 0.0478. The molecule has 0 aromatic heterocycles. The Labute approximate surface area is 109 Å². The van der Waals surface area contributed by atoms with Crippen LogP contribution in [0.15, 0.2) is 24.3 Å². The smallest absolute Gasteiger partial charge is 0.226 e. The molecule has 1 aromatic rings. The van der Waals surface area contributed by atoms with Crippen LogP contribution in [0.3, 0.4) is 0 Å². The van der Waals surface area contributed by atoms with Gasteiger partial charge in [-0.15, -0.1) is 0 Å². The Kier molecular flexibility index (Phi) is 5.31. The van der Waals surface area contributed by atoms with E-state index in [0.29, 0.717) is 19.6 Å². The van der Waals surface area contributed by atoms with E-state index in [-0.39, 0.29) is 11.5 Å². The minimum atomic E-state index is -0.209. The summed E-state index contributed by atoms with van der Waals surface area (Å²) in [5.74, 6) is -0.0478. The Balaban J connectivity index is 2.40. The number of carbonyl (C=O) groups excluding carboxylic acids is 1. The van der Waals surface area contributed by atoms with E-state index in [2.05, 4.69) is 5.32 Å². The van der Waals surface area contributed by atoms with Crippen LogP contribution in [-0.2, 0) is 16.1 Å². The van der Waals surface area contributed by atoms with Crippen LogP contribution >= 0.6 is 0 Å². The average molecular weight is 250 g/mol. The molecule has 18 heavy (non-hydrogen) atoms. The van der Waals surface area contributed by atoms with E-state index in [1.807, 2.05) is 45.0 Å². The molecule has 0 aliphatic heterocycles. The highest BCUT2D eigenvalue weighted by Crippen LogP contribution is 2.11. The summed E-state index contributed by atoms with van der Waals surface area (Å²) in [5.41, 5.74) is 7.11. The van der Waals surface area contributed by atoms with Crippen molar-refractivity contribution < 1.29 is 9.53 Å². The van der Waals surface area contributed by atoms with Crippen LogP contribution in [0.25, 0.3) is 0 Å². The largest absolute Gasteiger partial charge is 0.375 e. The first kappa shape index (κ1) is 14.7. The van der Waals surface area contributed by atoms with Gasteiger partial charge in [-0.3, -0.25) is 4.79 Å². The fraction of sp³-hybridized carbons (Fsp3) is 0.500. The Morgan fingerprint density at radius 1 is 1.39 bits per heavy atom. The number of ether oxygens (including phenoxy) is 1. The van der Waals surface area contributed by atoms with E-state index in [1.165, 1.54) is 0 Å². The number of nitrogens with one attached hydrogen (secondary N) is 1. The zero-order chi connectivity index (χ0) is 13.6. The Morgan fingerprint density at radius 2 is 2.11 bits per heavy atom. The summed E-state index contributed by atoms with van der Waals surface area (Å²) >= 11 is 0. The number of anilines is 1. The second-order valence-corrected chi connectivity index (χ2v) is 5.16. The molecule has 0 aliphatic carbocycles. The van der Waals surface area contributed by atoms with E-state index in [4.69, 9.17) is 10.5 Å². The molecule has 1 aromatic carbocycles. The molecule has 0 atom stereocenters. The van der Waals surface area contributed by atoms with Crippen molar-refractivity contribution in [3.05, 3.63) is 29.8 Å². The van der Waals surface area contributed by atoms with E-state index >= 15 is 0 Å². The summed E-state index contributed by atoms with van der Waals surface area (Å²) in [4.78, 5) is 11.7. The molecule has 0 unspecified atom stereocenters. The van der Waals surface area contributed by atoms with E-state index in [1.54, 1.807) is 0 Å². The fourth-order valence-corrected chi connectivity index (χ4v) is 1.45. The molecule has 100 valence electrons. The second kappa shape index (κ2) is 6.52. The lowest BCUT2D eigenvalue weighted by molar-refractivity contribution is -0.118. The van der Waals surface area contributed by atoms with Crippen molar-refractivity contribution in [1.82, 2.24) is 0 Å². The summed E-state index contributed by atoms with van der Waals surface area (Å²) in [5, 5.41) is 2.83. The molecule has 0 saturated carbocycles. The third-order valence-electron chi connectivity index (χ3n) is 2.31. The monoisotopic (exact) mass is 250 g/mol.